The average molecular weight is 354 g/mol. The molecule has 2 saturated carbocycles. The van der Waals surface area contributed by atoms with Gasteiger partial charge in [-0.25, -0.2) is 4.79 Å². The van der Waals surface area contributed by atoms with Gasteiger partial charge in [-0.2, -0.15) is 0 Å². The molecule has 0 radical (unpaired) electrons. The van der Waals surface area contributed by atoms with Crippen LogP contribution in [0.1, 0.15) is 71.6 Å². The zero-order chi connectivity index (χ0) is 18.4. The van der Waals surface area contributed by atoms with Gasteiger partial charge < -0.3 is 20.5 Å². The van der Waals surface area contributed by atoms with Crippen molar-refractivity contribution in [3.05, 3.63) is 0 Å². The van der Waals surface area contributed by atoms with Crippen LogP contribution in [0.2, 0.25) is 0 Å². The van der Waals surface area contributed by atoms with Gasteiger partial charge in [-0.15, -0.1) is 0 Å². The standard InChI is InChI=1S/C19H34N2O4/c1-19(2,24)17(22)20-15-8-4-13(5-9-15)12-14-6-10-16(11-7-14)21-18(23)25-3/h13-16,24H,4-12H2,1-3H3,(H,20,22)(H,21,23). The number of hydrogen-bond donors (Lipinski definition) is 3. The predicted octanol–water partition coefficient (Wildman–Crippen LogP) is 2.74. The fourth-order valence-corrected chi connectivity index (χ4v) is 4.14. The molecular weight excluding hydrogens is 320 g/mol. The molecule has 0 bridgehead atoms. The van der Waals surface area contributed by atoms with E-state index in [9.17, 15) is 14.7 Å². The van der Waals surface area contributed by atoms with Crippen molar-refractivity contribution in [3.8, 4) is 0 Å². The first-order valence-electron chi connectivity index (χ1n) is 9.65. The largest absolute Gasteiger partial charge is 0.453 e. The predicted molar refractivity (Wildman–Crippen MR) is 96.1 cm³/mol. The SMILES string of the molecule is COC(=O)NC1CCC(CC2CCC(NC(=O)C(C)(C)O)CC2)CC1. The highest BCUT2D eigenvalue weighted by atomic mass is 16.5. The number of hydrogen-bond acceptors (Lipinski definition) is 4. The van der Waals surface area contributed by atoms with Gasteiger partial charge in [0.15, 0.2) is 0 Å². The number of aliphatic hydroxyl groups is 1. The second kappa shape index (κ2) is 8.88. The van der Waals surface area contributed by atoms with Crippen molar-refractivity contribution in [1.29, 1.82) is 0 Å². The molecule has 2 aliphatic rings. The number of carbonyl (C=O) groups is 2. The van der Waals surface area contributed by atoms with E-state index in [-0.39, 0.29) is 24.1 Å². The Hall–Kier alpha value is -1.30. The molecule has 0 aromatic carbocycles. The van der Waals surface area contributed by atoms with Crippen LogP contribution in [0.4, 0.5) is 4.79 Å². The smallest absolute Gasteiger partial charge is 0.407 e. The van der Waals surface area contributed by atoms with Crippen molar-refractivity contribution in [2.24, 2.45) is 11.8 Å². The fourth-order valence-electron chi connectivity index (χ4n) is 4.14. The van der Waals surface area contributed by atoms with E-state index in [4.69, 9.17) is 0 Å². The average Bonchev–Trinajstić information content (AvgIpc) is 2.57. The molecule has 6 nitrogen and oxygen atoms in total. The van der Waals surface area contributed by atoms with Gasteiger partial charge in [0.1, 0.15) is 5.60 Å². The van der Waals surface area contributed by atoms with E-state index in [0.29, 0.717) is 0 Å². The van der Waals surface area contributed by atoms with Gasteiger partial charge in [-0.3, -0.25) is 4.79 Å². The van der Waals surface area contributed by atoms with E-state index in [1.165, 1.54) is 40.2 Å². The molecule has 0 aliphatic heterocycles. The molecule has 0 aromatic rings. The number of rotatable bonds is 5. The van der Waals surface area contributed by atoms with Gasteiger partial charge in [0.2, 0.25) is 0 Å². The van der Waals surface area contributed by atoms with E-state index in [2.05, 4.69) is 15.4 Å². The zero-order valence-corrected chi connectivity index (χ0v) is 15.8. The lowest BCUT2D eigenvalue weighted by molar-refractivity contribution is -0.137. The summed E-state index contributed by atoms with van der Waals surface area (Å²) in [5.41, 5.74) is -1.30. The van der Waals surface area contributed by atoms with E-state index in [0.717, 1.165) is 50.4 Å². The Labute approximate surface area is 151 Å². The summed E-state index contributed by atoms with van der Waals surface area (Å²) in [6.07, 6.45) is 9.67. The summed E-state index contributed by atoms with van der Waals surface area (Å²) in [6.45, 7) is 3.05. The number of amides is 2. The highest BCUT2D eigenvalue weighted by Gasteiger charge is 2.30. The summed E-state index contributed by atoms with van der Waals surface area (Å²) in [6, 6.07) is 0.464. The van der Waals surface area contributed by atoms with E-state index in [1.54, 1.807) is 0 Å². The molecule has 25 heavy (non-hydrogen) atoms. The Bertz CT molecular complexity index is 445. The van der Waals surface area contributed by atoms with Crippen LogP contribution >= 0.6 is 0 Å². The summed E-state index contributed by atoms with van der Waals surface area (Å²) in [5.74, 6) is 1.22. The maximum absolute atomic E-state index is 11.9. The van der Waals surface area contributed by atoms with Crippen LogP contribution in [-0.4, -0.2) is 41.9 Å². The van der Waals surface area contributed by atoms with Gasteiger partial charge >= 0.3 is 6.09 Å². The summed E-state index contributed by atoms with van der Waals surface area (Å²) in [7, 11) is 1.40. The molecule has 0 spiro atoms. The molecule has 144 valence electrons. The van der Waals surface area contributed by atoms with Gasteiger partial charge in [0, 0.05) is 12.1 Å². The van der Waals surface area contributed by atoms with Crippen LogP contribution < -0.4 is 10.6 Å². The molecule has 2 amide bonds. The summed E-state index contributed by atoms with van der Waals surface area (Å²) in [5, 5.41) is 15.6. The Morgan fingerprint density at radius 2 is 1.36 bits per heavy atom. The Morgan fingerprint density at radius 3 is 1.76 bits per heavy atom. The topological polar surface area (TPSA) is 87.7 Å². The minimum atomic E-state index is -1.30. The van der Waals surface area contributed by atoms with Gasteiger partial charge in [-0.1, -0.05) is 0 Å². The lowest BCUT2D eigenvalue weighted by Crippen LogP contribution is -2.47. The first kappa shape index (κ1) is 20.0. The first-order valence-corrected chi connectivity index (χ1v) is 9.65. The highest BCUT2D eigenvalue weighted by Crippen LogP contribution is 2.35. The quantitative estimate of drug-likeness (QED) is 0.708. The van der Waals surface area contributed by atoms with Gasteiger partial charge in [-0.05, 0) is 83.5 Å². The molecule has 2 aliphatic carbocycles. The van der Waals surface area contributed by atoms with Crippen LogP contribution in [0.5, 0.6) is 0 Å². The van der Waals surface area contributed by atoms with E-state index < -0.39 is 5.60 Å². The van der Waals surface area contributed by atoms with Crippen molar-refractivity contribution in [2.75, 3.05) is 7.11 Å². The molecule has 3 N–H and O–H groups in total. The highest BCUT2D eigenvalue weighted by molar-refractivity contribution is 5.84. The Morgan fingerprint density at radius 1 is 0.920 bits per heavy atom. The number of alkyl carbamates (subject to hydrolysis) is 1. The van der Waals surface area contributed by atoms with Crippen molar-refractivity contribution in [1.82, 2.24) is 10.6 Å². The maximum Gasteiger partial charge on any atom is 0.407 e. The molecule has 2 rings (SSSR count). The van der Waals surface area contributed by atoms with Crippen molar-refractivity contribution in [3.63, 3.8) is 0 Å². The molecule has 0 aromatic heterocycles. The number of nitrogens with one attached hydrogen (secondary N) is 2. The summed E-state index contributed by atoms with van der Waals surface area (Å²) < 4.78 is 4.66. The van der Waals surface area contributed by atoms with Crippen molar-refractivity contribution >= 4 is 12.0 Å². The molecule has 2 fully saturated rings. The molecule has 0 unspecified atom stereocenters. The molecule has 6 heteroatoms. The third-order valence-corrected chi connectivity index (χ3v) is 5.76. The van der Waals surface area contributed by atoms with Crippen molar-refractivity contribution in [2.45, 2.75) is 89.3 Å². The number of methoxy groups -OCH3 is 1. The molecule has 0 saturated heterocycles. The van der Waals surface area contributed by atoms with Gasteiger partial charge in [0.05, 0.1) is 7.11 Å². The van der Waals surface area contributed by atoms with Crippen LogP contribution in [0.15, 0.2) is 0 Å². The Kier molecular flexibility index (Phi) is 7.11. The molecular formula is C19H34N2O4. The second-order valence-electron chi connectivity index (χ2n) is 8.34. The lowest BCUT2D eigenvalue weighted by Gasteiger charge is -2.35. The van der Waals surface area contributed by atoms with E-state index in [1.807, 2.05) is 0 Å². The number of carbonyl (C=O) groups excluding carboxylic acids is 2. The molecule has 0 atom stereocenters. The Balaban J connectivity index is 1.64. The zero-order valence-electron chi connectivity index (χ0n) is 15.8. The van der Waals surface area contributed by atoms with E-state index >= 15 is 0 Å². The summed E-state index contributed by atoms with van der Waals surface area (Å²) >= 11 is 0. The monoisotopic (exact) mass is 354 g/mol. The van der Waals surface area contributed by atoms with Crippen LogP contribution in [0.25, 0.3) is 0 Å². The van der Waals surface area contributed by atoms with Crippen LogP contribution in [0, 0.1) is 11.8 Å². The summed E-state index contributed by atoms with van der Waals surface area (Å²) in [4.78, 5) is 23.1. The molecule has 0 heterocycles. The van der Waals surface area contributed by atoms with Crippen molar-refractivity contribution < 1.29 is 19.4 Å². The minimum absolute atomic E-state index is 0.204. The first-order chi connectivity index (χ1) is 11.8. The fraction of sp³-hybridized carbons (Fsp3) is 0.895. The van der Waals surface area contributed by atoms with Crippen LogP contribution in [0.3, 0.4) is 0 Å². The minimum Gasteiger partial charge on any atom is -0.453 e. The van der Waals surface area contributed by atoms with Crippen LogP contribution in [-0.2, 0) is 9.53 Å². The maximum atomic E-state index is 11.9. The number of ether oxygens (including phenoxy) is 1. The second-order valence-corrected chi connectivity index (χ2v) is 8.34. The third kappa shape index (κ3) is 6.49. The lowest BCUT2D eigenvalue weighted by atomic mass is 9.75. The normalized spacial score (nSPS) is 30.4. The van der Waals surface area contributed by atoms with Gasteiger partial charge in [0.25, 0.3) is 5.91 Å². The third-order valence-electron chi connectivity index (χ3n) is 5.76.